The van der Waals surface area contributed by atoms with Gasteiger partial charge in [0.1, 0.15) is 0 Å². The standard InChI is InChI=1S/C21H29N3O2/c1-22(2)13-11-20(25)18-5-7-19(8-6-18)23-14-9-17(10-15-23)16-24-12-3-4-21(24)26/h5-8,11,13,17H,3-4,9-10,12,14-16H2,1-2H3. The van der Waals surface area contributed by atoms with Crippen molar-refractivity contribution in [1.82, 2.24) is 9.80 Å². The minimum atomic E-state index is 0.0271. The predicted octanol–water partition coefficient (Wildman–Crippen LogP) is 2.78. The Morgan fingerprint density at radius 2 is 1.85 bits per heavy atom. The fraction of sp³-hybridized carbons (Fsp3) is 0.524. The summed E-state index contributed by atoms with van der Waals surface area (Å²) in [6.07, 6.45) is 7.36. The highest BCUT2D eigenvalue weighted by Crippen LogP contribution is 2.25. The van der Waals surface area contributed by atoms with Crippen LogP contribution >= 0.6 is 0 Å². The molecule has 2 fully saturated rings. The lowest BCUT2D eigenvalue weighted by Crippen LogP contribution is -2.39. The number of hydrogen-bond acceptors (Lipinski definition) is 4. The molecule has 0 atom stereocenters. The summed E-state index contributed by atoms with van der Waals surface area (Å²) < 4.78 is 0. The number of likely N-dealkylation sites (tertiary alicyclic amines) is 1. The quantitative estimate of drug-likeness (QED) is 0.581. The Morgan fingerprint density at radius 3 is 2.42 bits per heavy atom. The average molecular weight is 355 g/mol. The Labute approximate surface area is 156 Å². The fourth-order valence-corrected chi connectivity index (χ4v) is 3.73. The zero-order valence-electron chi connectivity index (χ0n) is 15.9. The van der Waals surface area contributed by atoms with Crippen molar-refractivity contribution < 1.29 is 9.59 Å². The van der Waals surface area contributed by atoms with Crippen LogP contribution in [-0.4, -0.2) is 61.8 Å². The zero-order valence-corrected chi connectivity index (χ0v) is 15.9. The van der Waals surface area contributed by atoms with E-state index in [0.717, 1.165) is 51.9 Å². The van der Waals surface area contributed by atoms with E-state index in [-0.39, 0.29) is 5.78 Å². The number of carbonyl (C=O) groups excluding carboxylic acids is 2. The maximum atomic E-state index is 12.1. The van der Waals surface area contributed by atoms with E-state index in [1.165, 1.54) is 5.69 Å². The highest BCUT2D eigenvalue weighted by Gasteiger charge is 2.26. The summed E-state index contributed by atoms with van der Waals surface area (Å²) in [4.78, 5) is 30.2. The number of anilines is 1. The first-order valence-corrected chi connectivity index (χ1v) is 9.54. The van der Waals surface area contributed by atoms with Gasteiger partial charge < -0.3 is 14.7 Å². The molecule has 1 amide bonds. The average Bonchev–Trinajstić information content (AvgIpc) is 3.05. The third-order valence-corrected chi connectivity index (χ3v) is 5.31. The van der Waals surface area contributed by atoms with Gasteiger partial charge in [-0.3, -0.25) is 9.59 Å². The number of nitrogens with zero attached hydrogens (tertiary/aromatic N) is 3. The van der Waals surface area contributed by atoms with E-state index in [2.05, 4.69) is 4.90 Å². The zero-order chi connectivity index (χ0) is 18.5. The van der Waals surface area contributed by atoms with Crippen molar-refractivity contribution in [3.8, 4) is 0 Å². The van der Waals surface area contributed by atoms with Crippen molar-refractivity contribution in [3.63, 3.8) is 0 Å². The molecule has 0 spiro atoms. The van der Waals surface area contributed by atoms with Gasteiger partial charge in [0.2, 0.25) is 5.91 Å². The molecule has 5 nitrogen and oxygen atoms in total. The number of piperidine rings is 1. The van der Waals surface area contributed by atoms with Crippen molar-refractivity contribution >= 4 is 17.4 Å². The van der Waals surface area contributed by atoms with E-state index in [9.17, 15) is 9.59 Å². The summed E-state index contributed by atoms with van der Waals surface area (Å²) in [6.45, 7) is 3.90. The number of benzene rings is 1. The van der Waals surface area contributed by atoms with E-state index >= 15 is 0 Å². The molecule has 0 saturated carbocycles. The molecular formula is C21H29N3O2. The molecule has 5 heteroatoms. The van der Waals surface area contributed by atoms with Gasteiger partial charge in [0.05, 0.1) is 0 Å². The van der Waals surface area contributed by atoms with Crippen molar-refractivity contribution in [2.24, 2.45) is 5.92 Å². The van der Waals surface area contributed by atoms with Gasteiger partial charge in [-0.15, -0.1) is 0 Å². The van der Waals surface area contributed by atoms with Crippen LogP contribution in [0.25, 0.3) is 0 Å². The number of rotatable bonds is 6. The second-order valence-electron chi connectivity index (χ2n) is 7.56. The first kappa shape index (κ1) is 18.5. The Balaban J connectivity index is 1.51. The lowest BCUT2D eigenvalue weighted by Gasteiger charge is -2.35. The topological polar surface area (TPSA) is 43.9 Å². The molecule has 3 rings (SSSR count). The number of hydrogen-bond donors (Lipinski definition) is 0. The molecule has 2 aliphatic rings. The molecule has 1 aromatic carbocycles. The van der Waals surface area contributed by atoms with Gasteiger partial charge in [0.25, 0.3) is 0 Å². The van der Waals surface area contributed by atoms with Crippen molar-refractivity contribution in [1.29, 1.82) is 0 Å². The third kappa shape index (κ3) is 4.65. The van der Waals surface area contributed by atoms with Crippen LogP contribution < -0.4 is 4.90 Å². The number of carbonyl (C=O) groups is 2. The van der Waals surface area contributed by atoms with E-state index in [4.69, 9.17) is 0 Å². The van der Waals surface area contributed by atoms with Crippen LogP contribution in [0.5, 0.6) is 0 Å². The van der Waals surface area contributed by atoms with Crippen LogP contribution in [0.15, 0.2) is 36.5 Å². The number of ketones is 1. The van der Waals surface area contributed by atoms with Crippen LogP contribution in [0.4, 0.5) is 5.69 Å². The highest BCUT2D eigenvalue weighted by molar-refractivity contribution is 6.04. The SMILES string of the molecule is CN(C)C=CC(=O)c1ccc(N2CCC(CN3CCCC3=O)CC2)cc1. The van der Waals surface area contributed by atoms with Crippen LogP contribution in [0.1, 0.15) is 36.0 Å². The van der Waals surface area contributed by atoms with E-state index in [0.29, 0.717) is 17.4 Å². The Hall–Kier alpha value is -2.30. The van der Waals surface area contributed by atoms with Crippen LogP contribution in [0.3, 0.4) is 0 Å². The lowest BCUT2D eigenvalue weighted by molar-refractivity contribution is -0.128. The smallest absolute Gasteiger partial charge is 0.222 e. The van der Waals surface area contributed by atoms with E-state index < -0.39 is 0 Å². The predicted molar refractivity (Wildman–Crippen MR) is 104 cm³/mol. The van der Waals surface area contributed by atoms with E-state index in [1.807, 2.05) is 48.2 Å². The number of allylic oxidation sites excluding steroid dienone is 1. The first-order chi connectivity index (χ1) is 12.5. The third-order valence-electron chi connectivity index (χ3n) is 5.31. The van der Waals surface area contributed by atoms with Crippen LogP contribution in [0, 0.1) is 5.92 Å². The van der Waals surface area contributed by atoms with Crippen molar-refractivity contribution in [2.75, 3.05) is 45.2 Å². The van der Waals surface area contributed by atoms with Gasteiger partial charge >= 0.3 is 0 Å². The van der Waals surface area contributed by atoms with Gasteiger partial charge in [-0.1, -0.05) is 0 Å². The van der Waals surface area contributed by atoms with Crippen LogP contribution in [-0.2, 0) is 4.79 Å². The summed E-state index contributed by atoms with van der Waals surface area (Å²) in [5.74, 6) is 0.973. The monoisotopic (exact) mass is 355 g/mol. The molecule has 2 saturated heterocycles. The summed E-state index contributed by atoms with van der Waals surface area (Å²) in [7, 11) is 3.80. The molecule has 0 bridgehead atoms. The molecule has 26 heavy (non-hydrogen) atoms. The molecule has 140 valence electrons. The second-order valence-corrected chi connectivity index (χ2v) is 7.56. The van der Waals surface area contributed by atoms with Crippen molar-refractivity contribution in [2.45, 2.75) is 25.7 Å². The summed E-state index contributed by atoms with van der Waals surface area (Å²) in [5, 5.41) is 0. The number of amides is 1. The Bertz CT molecular complexity index is 658. The molecule has 0 aliphatic carbocycles. The maximum absolute atomic E-state index is 12.1. The molecule has 2 aliphatic heterocycles. The molecule has 2 heterocycles. The normalized spacial score (nSPS) is 18.8. The molecule has 0 N–H and O–H groups in total. The van der Waals surface area contributed by atoms with Gasteiger partial charge in [0, 0.05) is 70.2 Å². The van der Waals surface area contributed by atoms with Gasteiger partial charge in [-0.05, 0) is 49.4 Å². The van der Waals surface area contributed by atoms with Gasteiger partial charge in [-0.25, -0.2) is 0 Å². The molecule has 1 aromatic rings. The minimum absolute atomic E-state index is 0.0271. The summed E-state index contributed by atoms with van der Waals surface area (Å²) in [5.41, 5.74) is 1.89. The van der Waals surface area contributed by atoms with Gasteiger partial charge in [0.15, 0.2) is 5.78 Å². The lowest BCUT2D eigenvalue weighted by atomic mass is 9.95. The Kier molecular flexibility index (Phi) is 5.96. The molecule has 0 radical (unpaired) electrons. The van der Waals surface area contributed by atoms with E-state index in [1.54, 1.807) is 12.3 Å². The minimum Gasteiger partial charge on any atom is -0.383 e. The maximum Gasteiger partial charge on any atom is 0.222 e. The largest absolute Gasteiger partial charge is 0.383 e. The van der Waals surface area contributed by atoms with Crippen molar-refractivity contribution in [3.05, 3.63) is 42.1 Å². The first-order valence-electron chi connectivity index (χ1n) is 9.54. The highest BCUT2D eigenvalue weighted by atomic mass is 16.2. The summed E-state index contributed by atoms with van der Waals surface area (Å²) >= 11 is 0. The van der Waals surface area contributed by atoms with Crippen LogP contribution in [0.2, 0.25) is 0 Å². The Morgan fingerprint density at radius 1 is 1.15 bits per heavy atom. The molecule has 0 aromatic heterocycles. The molecule has 0 unspecified atom stereocenters. The van der Waals surface area contributed by atoms with Gasteiger partial charge in [-0.2, -0.15) is 0 Å². The second kappa shape index (κ2) is 8.39. The fourth-order valence-electron chi connectivity index (χ4n) is 3.73. The summed E-state index contributed by atoms with van der Waals surface area (Å²) in [6, 6.07) is 7.90. The molecular weight excluding hydrogens is 326 g/mol.